The highest BCUT2D eigenvalue weighted by molar-refractivity contribution is 5.91. The number of carbonyl (C=O) groups is 2. The highest BCUT2D eigenvalue weighted by Crippen LogP contribution is 2.52. The summed E-state index contributed by atoms with van der Waals surface area (Å²) in [7, 11) is 0. The molecule has 0 aromatic rings. The van der Waals surface area contributed by atoms with E-state index >= 15 is 0 Å². The van der Waals surface area contributed by atoms with E-state index in [9.17, 15) is 19.8 Å². The van der Waals surface area contributed by atoms with Gasteiger partial charge in [0.2, 0.25) is 0 Å². The van der Waals surface area contributed by atoms with Crippen molar-refractivity contribution in [2.75, 3.05) is 0 Å². The number of esters is 2. The summed E-state index contributed by atoms with van der Waals surface area (Å²) in [6.45, 7) is 8.46. The number of aliphatic hydroxyl groups excluding tert-OH is 1. The van der Waals surface area contributed by atoms with E-state index in [4.69, 9.17) is 9.47 Å². The standard InChI is InChI=1S/C17H22O6/c1-7-5-6-10-11(7)13-12(8(2)16(20)23-13)14(22-9(3)18)15(19)17(10,4)21/h5,10-15,19,21H,2,6H2,1,3-4H3/t10-,11+,12-,13-,14-,15-,17+/m1/s1. The predicted molar refractivity (Wildman–Crippen MR) is 80.0 cm³/mol. The molecule has 2 fully saturated rings. The second-order valence-electron chi connectivity index (χ2n) is 6.98. The van der Waals surface area contributed by atoms with E-state index in [0.29, 0.717) is 6.42 Å². The first-order chi connectivity index (χ1) is 10.7. The molecule has 3 rings (SSSR count). The first-order valence-corrected chi connectivity index (χ1v) is 7.80. The Hall–Kier alpha value is -1.66. The minimum Gasteiger partial charge on any atom is -0.459 e. The monoisotopic (exact) mass is 322 g/mol. The van der Waals surface area contributed by atoms with E-state index < -0.39 is 41.8 Å². The summed E-state index contributed by atoms with van der Waals surface area (Å²) in [6.07, 6.45) is -0.425. The molecule has 2 aliphatic carbocycles. The molecule has 2 N–H and O–H groups in total. The van der Waals surface area contributed by atoms with Crippen LogP contribution in [0.1, 0.15) is 27.2 Å². The fraction of sp³-hybridized carbons (Fsp3) is 0.647. The van der Waals surface area contributed by atoms with Crippen molar-refractivity contribution in [2.24, 2.45) is 17.8 Å². The molecule has 6 nitrogen and oxygen atoms in total. The average Bonchev–Trinajstić information content (AvgIpc) is 2.95. The maximum atomic E-state index is 12.0. The molecule has 0 unspecified atom stereocenters. The zero-order valence-corrected chi connectivity index (χ0v) is 13.5. The summed E-state index contributed by atoms with van der Waals surface area (Å²) < 4.78 is 10.8. The molecule has 1 saturated heterocycles. The molecule has 6 heteroatoms. The number of carbonyl (C=O) groups excluding carboxylic acids is 2. The van der Waals surface area contributed by atoms with Gasteiger partial charge in [-0.05, 0) is 20.3 Å². The van der Waals surface area contributed by atoms with Gasteiger partial charge >= 0.3 is 11.9 Å². The molecule has 7 atom stereocenters. The summed E-state index contributed by atoms with van der Waals surface area (Å²) in [5.74, 6) is -2.33. The fourth-order valence-electron chi connectivity index (χ4n) is 4.37. The molecule has 3 aliphatic rings. The van der Waals surface area contributed by atoms with Crippen molar-refractivity contribution in [3.8, 4) is 0 Å². The van der Waals surface area contributed by atoms with Gasteiger partial charge in [-0.2, -0.15) is 0 Å². The summed E-state index contributed by atoms with van der Waals surface area (Å²) >= 11 is 0. The van der Waals surface area contributed by atoms with Crippen molar-refractivity contribution < 1.29 is 29.3 Å². The molecule has 0 aromatic carbocycles. The predicted octanol–water partition coefficient (Wildman–Crippen LogP) is 0.724. The topological polar surface area (TPSA) is 93.1 Å². The van der Waals surface area contributed by atoms with Gasteiger partial charge in [0.05, 0.1) is 11.5 Å². The van der Waals surface area contributed by atoms with Crippen LogP contribution in [0.2, 0.25) is 0 Å². The van der Waals surface area contributed by atoms with Crippen LogP contribution in [-0.4, -0.2) is 46.1 Å². The highest BCUT2D eigenvalue weighted by Gasteiger charge is 2.62. The highest BCUT2D eigenvalue weighted by atomic mass is 16.6. The molecule has 126 valence electrons. The molecule has 23 heavy (non-hydrogen) atoms. The Morgan fingerprint density at radius 3 is 2.74 bits per heavy atom. The van der Waals surface area contributed by atoms with E-state index in [1.807, 2.05) is 13.0 Å². The van der Waals surface area contributed by atoms with Gasteiger partial charge in [0.15, 0.2) is 0 Å². The van der Waals surface area contributed by atoms with Crippen LogP contribution >= 0.6 is 0 Å². The van der Waals surface area contributed by atoms with Crippen LogP contribution in [0.25, 0.3) is 0 Å². The second kappa shape index (κ2) is 5.18. The average molecular weight is 322 g/mol. The van der Waals surface area contributed by atoms with Crippen LogP contribution < -0.4 is 0 Å². The van der Waals surface area contributed by atoms with Crippen molar-refractivity contribution in [3.63, 3.8) is 0 Å². The smallest absolute Gasteiger partial charge is 0.334 e. The number of hydrogen-bond acceptors (Lipinski definition) is 6. The van der Waals surface area contributed by atoms with E-state index in [0.717, 1.165) is 5.57 Å². The van der Waals surface area contributed by atoms with Gasteiger partial charge in [-0.25, -0.2) is 4.79 Å². The SMILES string of the molecule is C=C1C(=O)O[C@H]2[C@@H]1[C@@H](OC(C)=O)[C@@H](O)[C@@](C)(O)[C@@H]1CC=C(C)[C@H]21. The van der Waals surface area contributed by atoms with Crippen LogP contribution in [0, 0.1) is 17.8 Å². The van der Waals surface area contributed by atoms with Crippen molar-refractivity contribution >= 4 is 11.9 Å². The minimum absolute atomic E-state index is 0.177. The maximum absolute atomic E-state index is 12.0. The largest absolute Gasteiger partial charge is 0.459 e. The summed E-state index contributed by atoms with van der Waals surface area (Å²) in [4.78, 5) is 23.5. The normalized spacial score (nSPS) is 45.7. The fourth-order valence-corrected chi connectivity index (χ4v) is 4.37. The zero-order chi connectivity index (χ0) is 17.1. The molecular formula is C17H22O6. The lowest BCUT2D eigenvalue weighted by molar-refractivity contribution is -0.176. The lowest BCUT2D eigenvalue weighted by Crippen LogP contribution is -2.53. The van der Waals surface area contributed by atoms with Crippen molar-refractivity contribution in [2.45, 2.75) is 51.1 Å². The molecule has 0 aromatic heterocycles. The number of allylic oxidation sites excluding steroid dienone is 1. The Kier molecular flexibility index (Phi) is 3.65. The molecule has 1 heterocycles. The Balaban J connectivity index is 2.12. The molecular weight excluding hydrogens is 300 g/mol. The first-order valence-electron chi connectivity index (χ1n) is 7.80. The van der Waals surface area contributed by atoms with E-state index in [-0.39, 0.29) is 17.4 Å². The van der Waals surface area contributed by atoms with Gasteiger partial charge < -0.3 is 19.7 Å². The number of rotatable bonds is 1. The van der Waals surface area contributed by atoms with Gasteiger partial charge in [-0.3, -0.25) is 4.79 Å². The van der Waals surface area contributed by atoms with Gasteiger partial charge in [0.25, 0.3) is 0 Å². The van der Waals surface area contributed by atoms with Crippen LogP contribution in [0.3, 0.4) is 0 Å². The third-order valence-electron chi connectivity index (χ3n) is 5.59. The quantitative estimate of drug-likeness (QED) is 0.420. The van der Waals surface area contributed by atoms with Gasteiger partial charge in [0.1, 0.15) is 18.3 Å². The van der Waals surface area contributed by atoms with Gasteiger partial charge in [0, 0.05) is 24.3 Å². The minimum atomic E-state index is -1.48. The van der Waals surface area contributed by atoms with Crippen molar-refractivity contribution in [3.05, 3.63) is 23.8 Å². The molecule has 0 spiro atoms. The number of aliphatic hydroxyl groups is 2. The third-order valence-corrected chi connectivity index (χ3v) is 5.59. The van der Waals surface area contributed by atoms with Crippen molar-refractivity contribution in [1.82, 2.24) is 0 Å². The lowest BCUT2D eigenvalue weighted by atomic mass is 9.76. The second-order valence-corrected chi connectivity index (χ2v) is 6.98. The molecule has 0 radical (unpaired) electrons. The lowest BCUT2D eigenvalue weighted by Gasteiger charge is -2.38. The van der Waals surface area contributed by atoms with Crippen LogP contribution in [-0.2, 0) is 19.1 Å². The van der Waals surface area contributed by atoms with Crippen LogP contribution in [0.15, 0.2) is 23.8 Å². The van der Waals surface area contributed by atoms with Crippen LogP contribution in [0.4, 0.5) is 0 Å². The zero-order valence-electron chi connectivity index (χ0n) is 13.5. The first kappa shape index (κ1) is 16.2. The van der Waals surface area contributed by atoms with Gasteiger partial charge in [-0.15, -0.1) is 0 Å². The van der Waals surface area contributed by atoms with Crippen LogP contribution in [0.5, 0.6) is 0 Å². The summed E-state index contributed by atoms with van der Waals surface area (Å²) in [6, 6.07) is 0. The molecule has 1 saturated carbocycles. The third kappa shape index (κ3) is 2.23. The van der Waals surface area contributed by atoms with E-state index in [2.05, 4.69) is 6.58 Å². The molecule has 0 bridgehead atoms. The molecule has 1 aliphatic heterocycles. The number of fused-ring (bicyclic) bond motifs is 3. The summed E-state index contributed by atoms with van der Waals surface area (Å²) in [5, 5.41) is 21.7. The Morgan fingerprint density at radius 1 is 1.48 bits per heavy atom. The van der Waals surface area contributed by atoms with E-state index in [1.54, 1.807) is 6.92 Å². The number of ether oxygens (including phenoxy) is 2. The van der Waals surface area contributed by atoms with Gasteiger partial charge in [-0.1, -0.05) is 18.2 Å². The van der Waals surface area contributed by atoms with Crippen molar-refractivity contribution in [1.29, 1.82) is 0 Å². The Morgan fingerprint density at radius 2 is 2.13 bits per heavy atom. The Bertz CT molecular complexity index is 604. The number of hydrogen-bond donors (Lipinski definition) is 2. The van der Waals surface area contributed by atoms with E-state index in [1.165, 1.54) is 6.92 Å². The maximum Gasteiger partial charge on any atom is 0.334 e. The Labute approximate surface area is 134 Å². The molecule has 0 amide bonds. The summed E-state index contributed by atoms with van der Waals surface area (Å²) in [5.41, 5.74) is -0.296.